The first-order valence-corrected chi connectivity index (χ1v) is 7.98. The minimum Gasteiger partial charge on any atom is -0.497 e. The highest BCUT2D eigenvalue weighted by Crippen LogP contribution is 2.35. The Morgan fingerprint density at radius 3 is 2.54 bits per heavy atom. The van der Waals surface area contributed by atoms with Crippen LogP contribution in [-0.2, 0) is 0 Å². The second kappa shape index (κ2) is 7.28. The van der Waals surface area contributed by atoms with E-state index in [0.717, 1.165) is 16.8 Å². The lowest BCUT2D eigenvalue weighted by Crippen LogP contribution is -2.30. The molecule has 3 rings (SSSR count). The molecule has 0 aliphatic heterocycles. The molecule has 1 amide bonds. The maximum atomic E-state index is 12.0. The summed E-state index contributed by atoms with van der Waals surface area (Å²) in [6, 6.07) is 14.9. The molecule has 0 aliphatic carbocycles. The molecule has 0 saturated heterocycles. The van der Waals surface area contributed by atoms with Gasteiger partial charge in [0.2, 0.25) is 0 Å². The fraction of sp³-hybridized carbons (Fsp3) is 0.158. The summed E-state index contributed by atoms with van der Waals surface area (Å²) in [5, 5.41) is 4.45. The van der Waals surface area contributed by atoms with Gasteiger partial charge in [-0.05, 0) is 42.8 Å². The molecule has 1 heterocycles. The summed E-state index contributed by atoms with van der Waals surface area (Å²) in [5.41, 5.74) is 5.62. The van der Waals surface area contributed by atoms with Crippen molar-refractivity contribution in [1.82, 2.24) is 15.2 Å². The van der Waals surface area contributed by atoms with E-state index in [1.807, 2.05) is 49.4 Å². The molecule has 0 aliphatic rings. The smallest absolute Gasteiger partial charge is 0.285 e. The maximum absolute atomic E-state index is 12.0. The van der Waals surface area contributed by atoms with Crippen LogP contribution in [0.4, 0.5) is 0 Å². The number of benzene rings is 2. The molecule has 0 spiro atoms. The summed E-state index contributed by atoms with van der Waals surface area (Å²) in [5.74, 6) is 6.12. The Kier molecular flexibility index (Phi) is 4.90. The standard InChI is InChI=1S/C19H20N4O3/c1-12-6-4-5-7-16(12)23-17(11-15(22-23)19(24)21-20)14-10-13(25-2)8-9-18(14)26-3/h4-11H,20H2,1-3H3,(H,21,24). The lowest BCUT2D eigenvalue weighted by molar-refractivity contribution is 0.0948. The number of nitrogen functional groups attached to an aromatic ring is 1. The van der Waals surface area contributed by atoms with Gasteiger partial charge in [0.05, 0.1) is 25.6 Å². The molecule has 3 N–H and O–H groups in total. The largest absolute Gasteiger partial charge is 0.497 e. The van der Waals surface area contributed by atoms with Crippen molar-refractivity contribution in [1.29, 1.82) is 0 Å². The third-order valence-electron chi connectivity index (χ3n) is 4.10. The van der Waals surface area contributed by atoms with Crippen LogP contribution in [0.25, 0.3) is 16.9 Å². The monoisotopic (exact) mass is 352 g/mol. The third kappa shape index (κ3) is 3.12. The van der Waals surface area contributed by atoms with Gasteiger partial charge in [0.25, 0.3) is 5.91 Å². The number of rotatable bonds is 5. The Hall–Kier alpha value is -3.32. The van der Waals surface area contributed by atoms with Crippen LogP contribution in [0.1, 0.15) is 16.1 Å². The number of hydrogen-bond acceptors (Lipinski definition) is 5. The summed E-state index contributed by atoms with van der Waals surface area (Å²) in [6.07, 6.45) is 0. The van der Waals surface area contributed by atoms with Crippen LogP contribution in [0.2, 0.25) is 0 Å². The summed E-state index contributed by atoms with van der Waals surface area (Å²) < 4.78 is 12.5. The number of ether oxygens (including phenoxy) is 2. The molecule has 7 heteroatoms. The summed E-state index contributed by atoms with van der Waals surface area (Å²) in [4.78, 5) is 12.0. The highest BCUT2D eigenvalue weighted by Gasteiger charge is 2.20. The van der Waals surface area contributed by atoms with Gasteiger partial charge in [-0.2, -0.15) is 5.10 Å². The minimum absolute atomic E-state index is 0.204. The van der Waals surface area contributed by atoms with Gasteiger partial charge in [-0.25, -0.2) is 10.5 Å². The Morgan fingerprint density at radius 1 is 1.12 bits per heavy atom. The van der Waals surface area contributed by atoms with Gasteiger partial charge in [0.1, 0.15) is 11.5 Å². The van der Waals surface area contributed by atoms with Crippen molar-refractivity contribution < 1.29 is 14.3 Å². The van der Waals surface area contributed by atoms with E-state index in [4.69, 9.17) is 15.3 Å². The second-order valence-electron chi connectivity index (χ2n) is 5.65. The van der Waals surface area contributed by atoms with E-state index in [2.05, 4.69) is 10.5 Å². The lowest BCUT2D eigenvalue weighted by atomic mass is 10.1. The molecule has 26 heavy (non-hydrogen) atoms. The number of aromatic nitrogens is 2. The van der Waals surface area contributed by atoms with Crippen molar-refractivity contribution in [3.8, 4) is 28.4 Å². The first-order chi connectivity index (χ1) is 12.6. The van der Waals surface area contributed by atoms with Gasteiger partial charge in [-0.15, -0.1) is 0 Å². The van der Waals surface area contributed by atoms with Crippen LogP contribution in [0.5, 0.6) is 11.5 Å². The van der Waals surface area contributed by atoms with E-state index in [-0.39, 0.29) is 5.69 Å². The quantitative estimate of drug-likeness (QED) is 0.418. The van der Waals surface area contributed by atoms with Crippen LogP contribution in [-0.4, -0.2) is 29.9 Å². The molecule has 0 unspecified atom stereocenters. The highest BCUT2D eigenvalue weighted by molar-refractivity contribution is 5.93. The first-order valence-electron chi connectivity index (χ1n) is 7.98. The average Bonchev–Trinajstić information content (AvgIpc) is 3.12. The van der Waals surface area contributed by atoms with Crippen molar-refractivity contribution >= 4 is 5.91 Å². The second-order valence-corrected chi connectivity index (χ2v) is 5.65. The van der Waals surface area contributed by atoms with E-state index >= 15 is 0 Å². The zero-order chi connectivity index (χ0) is 18.7. The van der Waals surface area contributed by atoms with Crippen LogP contribution >= 0.6 is 0 Å². The molecule has 0 fully saturated rings. The number of amides is 1. The molecular formula is C19H20N4O3. The fourth-order valence-electron chi connectivity index (χ4n) is 2.76. The number of para-hydroxylation sites is 1. The predicted octanol–water partition coefficient (Wildman–Crippen LogP) is 2.47. The SMILES string of the molecule is COc1ccc(OC)c(-c2cc(C(=O)NN)nn2-c2ccccc2C)c1. The van der Waals surface area contributed by atoms with Gasteiger partial charge in [-0.3, -0.25) is 10.2 Å². The van der Waals surface area contributed by atoms with Crippen molar-refractivity contribution in [3.05, 3.63) is 59.8 Å². The molecule has 1 aromatic heterocycles. The molecule has 2 aromatic carbocycles. The summed E-state index contributed by atoms with van der Waals surface area (Å²) in [6.45, 7) is 1.98. The van der Waals surface area contributed by atoms with Gasteiger partial charge < -0.3 is 9.47 Å². The number of nitrogens with one attached hydrogen (secondary N) is 1. The number of methoxy groups -OCH3 is 2. The Bertz CT molecular complexity index is 950. The zero-order valence-electron chi connectivity index (χ0n) is 14.8. The minimum atomic E-state index is -0.472. The summed E-state index contributed by atoms with van der Waals surface area (Å²) >= 11 is 0. The molecule has 0 saturated carbocycles. The molecule has 0 radical (unpaired) electrons. The molecular weight excluding hydrogens is 332 g/mol. The van der Waals surface area contributed by atoms with Gasteiger partial charge in [-0.1, -0.05) is 18.2 Å². The third-order valence-corrected chi connectivity index (χ3v) is 4.10. The Labute approximate surface area is 151 Å². The number of hydrazine groups is 1. The Balaban J connectivity index is 2.29. The van der Waals surface area contributed by atoms with E-state index in [0.29, 0.717) is 17.2 Å². The van der Waals surface area contributed by atoms with E-state index in [1.165, 1.54) is 0 Å². The number of carbonyl (C=O) groups excluding carboxylic acids is 1. The topological polar surface area (TPSA) is 91.4 Å². The Morgan fingerprint density at radius 2 is 1.88 bits per heavy atom. The predicted molar refractivity (Wildman–Crippen MR) is 98.5 cm³/mol. The van der Waals surface area contributed by atoms with E-state index < -0.39 is 5.91 Å². The number of hydrogen-bond donors (Lipinski definition) is 2. The van der Waals surface area contributed by atoms with Crippen molar-refractivity contribution in [2.45, 2.75) is 6.92 Å². The fourth-order valence-corrected chi connectivity index (χ4v) is 2.76. The average molecular weight is 352 g/mol. The molecule has 7 nitrogen and oxygen atoms in total. The van der Waals surface area contributed by atoms with Crippen LogP contribution < -0.4 is 20.7 Å². The highest BCUT2D eigenvalue weighted by atomic mass is 16.5. The van der Waals surface area contributed by atoms with Gasteiger partial charge >= 0.3 is 0 Å². The van der Waals surface area contributed by atoms with Gasteiger partial charge in [0.15, 0.2) is 5.69 Å². The zero-order valence-corrected chi connectivity index (χ0v) is 14.8. The van der Waals surface area contributed by atoms with Crippen LogP contribution in [0.3, 0.4) is 0 Å². The number of nitrogens with zero attached hydrogens (tertiary/aromatic N) is 2. The van der Waals surface area contributed by atoms with Crippen molar-refractivity contribution in [3.63, 3.8) is 0 Å². The maximum Gasteiger partial charge on any atom is 0.285 e. The lowest BCUT2D eigenvalue weighted by Gasteiger charge is -2.14. The number of carbonyl (C=O) groups is 1. The van der Waals surface area contributed by atoms with Crippen molar-refractivity contribution in [2.75, 3.05) is 14.2 Å². The van der Waals surface area contributed by atoms with E-state index in [1.54, 1.807) is 25.0 Å². The van der Waals surface area contributed by atoms with E-state index in [9.17, 15) is 4.79 Å². The normalized spacial score (nSPS) is 10.5. The molecule has 0 atom stereocenters. The molecule has 3 aromatic rings. The van der Waals surface area contributed by atoms with Gasteiger partial charge in [0, 0.05) is 5.56 Å². The first kappa shape index (κ1) is 17.5. The number of aryl methyl sites for hydroxylation is 1. The molecule has 0 bridgehead atoms. The summed E-state index contributed by atoms with van der Waals surface area (Å²) in [7, 11) is 3.19. The van der Waals surface area contributed by atoms with Crippen LogP contribution in [0, 0.1) is 6.92 Å². The number of nitrogens with two attached hydrogens (primary N) is 1. The van der Waals surface area contributed by atoms with Crippen LogP contribution in [0.15, 0.2) is 48.5 Å². The van der Waals surface area contributed by atoms with Crippen molar-refractivity contribution in [2.24, 2.45) is 5.84 Å². The molecule has 134 valence electrons.